The lowest BCUT2D eigenvalue weighted by molar-refractivity contribution is -0.134. The average Bonchev–Trinajstić information content (AvgIpc) is 2.38. The molecule has 0 fully saturated rings. The Bertz CT molecular complexity index is 625. The van der Waals surface area contributed by atoms with Crippen LogP contribution in [0.3, 0.4) is 0 Å². The van der Waals surface area contributed by atoms with E-state index in [4.69, 9.17) is 0 Å². The first-order valence-corrected chi connectivity index (χ1v) is 5.98. The molecule has 0 saturated heterocycles. The second-order valence-corrected chi connectivity index (χ2v) is 4.69. The van der Waals surface area contributed by atoms with Gasteiger partial charge in [-0.2, -0.15) is 0 Å². The Morgan fingerprint density at radius 2 is 2.00 bits per heavy atom. The number of aliphatic carboxylic acids is 1. The van der Waals surface area contributed by atoms with E-state index in [0.29, 0.717) is 5.70 Å². The van der Waals surface area contributed by atoms with E-state index in [1.54, 1.807) is 0 Å². The largest absolute Gasteiger partial charge is 0.478 e. The Labute approximate surface area is 114 Å². The molecule has 0 aliphatic carbocycles. The molecule has 1 aliphatic heterocycles. The van der Waals surface area contributed by atoms with Gasteiger partial charge in [-0.05, 0) is 24.6 Å². The lowest BCUT2D eigenvalue weighted by Gasteiger charge is -2.31. The number of hydrogen-bond acceptors (Lipinski definition) is 2. The van der Waals surface area contributed by atoms with Crippen LogP contribution in [0.2, 0.25) is 0 Å². The highest BCUT2D eigenvalue weighted by Crippen LogP contribution is 2.36. The standard InChI is InChI=1S/C14H13F2NO3/c1-7-13(14(19)20)9(6-12(18)17(7)2)8-3-4-10(15)11(16)5-8/h3-5,9H,6H2,1-2H3,(H,19,20)/t9-/m0/s1. The minimum Gasteiger partial charge on any atom is -0.478 e. The second kappa shape index (κ2) is 5.03. The van der Waals surface area contributed by atoms with Gasteiger partial charge in [0.25, 0.3) is 0 Å². The van der Waals surface area contributed by atoms with Gasteiger partial charge in [-0.15, -0.1) is 0 Å². The average molecular weight is 281 g/mol. The van der Waals surface area contributed by atoms with E-state index < -0.39 is 23.5 Å². The van der Waals surface area contributed by atoms with Crippen molar-refractivity contribution in [2.24, 2.45) is 0 Å². The van der Waals surface area contributed by atoms with Gasteiger partial charge in [0.05, 0.1) is 5.57 Å². The third kappa shape index (κ3) is 2.29. The fraction of sp³-hybridized carbons (Fsp3) is 0.286. The first-order valence-electron chi connectivity index (χ1n) is 5.98. The van der Waals surface area contributed by atoms with Crippen molar-refractivity contribution in [2.75, 3.05) is 7.05 Å². The van der Waals surface area contributed by atoms with Gasteiger partial charge in [0.1, 0.15) is 0 Å². The second-order valence-electron chi connectivity index (χ2n) is 4.69. The van der Waals surface area contributed by atoms with Crippen LogP contribution in [0, 0.1) is 11.6 Å². The fourth-order valence-corrected chi connectivity index (χ4v) is 2.35. The normalized spacial score (nSPS) is 19.5. The van der Waals surface area contributed by atoms with Gasteiger partial charge < -0.3 is 10.0 Å². The monoisotopic (exact) mass is 281 g/mol. The summed E-state index contributed by atoms with van der Waals surface area (Å²) in [7, 11) is 1.49. The molecule has 1 heterocycles. The van der Waals surface area contributed by atoms with E-state index in [1.807, 2.05) is 0 Å². The SMILES string of the molecule is CC1=C(C(=O)O)[C@H](c2ccc(F)c(F)c2)CC(=O)N1C. The van der Waals surface area contributed by atoms with Gasteiger partial charge in [-0.3, -0.25) is 4.79 Å². The molecule has 0 aromatic heterocycles. The summed E-state index contributed by atoms with van der Waals surface area (Å²) in [6.45, 7) is 1.52. The van der Waals surface area contributed by atoms with Crippen molar-refractivity contribution in [3.63, 3.8) is 0 Å². The molecule has 1 N–H and O–H groups in total. The Balaban J connectivity index is 2.56. The maximum absolute atomic E-state index is 13.3. The van der Waals surface area contributed by atoms with Gasteiger partial charge in [-0.25, -0.2) is 13.6 Å². The quantitative estimate of drug-likeness (QED) is 0.904. The molecular formula is C14H13F2NO3. The molecule has 106 valence electrons. The summed E-state index contributed by atoms with van der Waals surface area (Å²) < 4.78 is 26.3. The maximum Gasteiger partial charge on any atom is 0.333 e. The molecule has 0 spiro atoms. The minimum atomic E-state index is -1.17. The fourth-order valence-electron chi connectivity index (χ4n) is 2.35. The molecule has 0 bridgehead atoms. The summed E-state index contributed by atoms with van der Waals surface area (Å²) in [6.07, 6.45) is -0.0828. The van der Waals surface area contributed by atoms with Crippen LogP contribution < -0.4 is 0 Å². The third-order valence-electron chi connectivity index (χ3n) is 3.57. The first-order chi connectivity index (χ1) is 9.32. The van der Waals surface area contributed by atoms with Crippen LogP contribution in [0.15, 0.2) is 29.5 Å². The molecule has 20 heavy (non-hydrogen) atoms. The van der Waals surface area contributed by atoms with E-state index >= 15 is 0 Å². The molecule has 0 radical (unpaired) electrons. The number of hydrogen-bond donors (Lipinski definition) is 1. The zero-order valence-electron chi connectivity index (χ0n) is 11.0. The number of rotatable bonds is 2. The van der Waals surface area contributed by atoms with E-state index in [0.717, 1.165) is 12.1 Å². The van der Waals surface area contributed by atoms with Gasteiger partial charge in [0, 0.05) is 25.1 Å². The summed E-state index contributed by atoms with van der Waals surface area (Å²) in [4.78, 5) is 24.5. The highest BCUT2D eigenvalue weighted by molar-refractivity contribution is 5.94. The van der Waals surface area contributed by atoms with Crippen molar-refractivity contribution >= 4 is 11.9 Å². The van der Waals surface area contributed by atoms with Crippen LogP contribution in [-0.4, -0.2) is 28.9 Å². The van der Waals surface area contributed by atoms with Crippen molar-refractivity contribution in [3.05, 3.63) is 46.7 Å². The van der Waals surface area contributed by atoms with Crippen molar-refractivity contribution in [2.45, 2.75) is 19.3 Å². The Morgan fingerprint density at radius 1 is 1.35 bits per heavy atom. The molecule has 6 heteroatoms. The Kier molecular flexibility index (Phi) is 3.57. The summed E-state index contributed by atoms with van der Waals surface area (Å²) in [6, 6.07) is 3.18. The highest BCUT2D eigenvalue weighted by atomic mass is 19.2. The topological polar surface area (TPSA) is 57.6 Å². The van der Waals surface area contributed by atoms with Crippen LogP contribution >= 0.6 is 0 Å². The van der Waals surface area contributed by atoms with Gasteiger partial charge in [0.2, 0.25) is 5.91 Å². The van der Waals surface area contributed by atoms with E-state index in [1.165, 1.54) is 24.9 Å². The van der Waals surface area contributed by atoms with E-state index in [2.05, 4.69) is 0 Å². The molecule has 1 amide bonds. The number of carboxylic acids is 1. The molecule has 0 unspecified atom stereocenters. The number of nitrogens with zero attached hydrogens (tertiary/aromatic N) is 1. The van der Waals surface area contributed by atoms with Crippen molar-refractivity contribution in [1.82, 2.24) is 4.90 Å². The molecule has 1 aromatic carbocycles. The smallest absolute Gasteiger partial charge is 0.333 e. The van der Waals surface area contributed by atoms with Crippen LogP contribution in [0.1, 0.15) is 24.8 Å². The predicted octanol–water partition coefficient (Wildman–Crippen LogP) is 2.27. The van der Waals surface area contributed by atoms with Crippen LogP contribution in [0.5, 0.6) is 0 Å². The minimum absolute atomic E-state index is 0.0260. The number of allylic oxidation sites excluding steroid dienone is 1. The molecule has 1 aliphatic rings. The van der Waals surface area contributed by atoms with Crippen LogP contribution in [0.25, 0.3) is 0 Å². The third-order valence-corrected chi connectivity index (χ3v) is 3.57. The lowest BCUT2D eigenvalue weighted by atomic mass is 9.84. The number of halogens is 2. The zero-order chi connectivity index (χ0) is 15.0. The van der Waals surface area contributed by atoms with Crippen LogP contribution in [-0.2, 0) is 9.59 Å². The summed E-state index contributed by atoms with van der Waals surface area (Å²) in [5, 5.41) is 9.30. The van der Waals surface area contributed by atoms with Crippen molar-refractivity contribution in [3.8, 4) is 0 Å². The number of benzene rings is 1. The number of carbonyl (C=O) groups is 2. The number of carbonyl (C=O) groups excluding carboxylic acids is 1. The Morgan fingerprint density at radius 3 is 2.55 bits per heavy atom. The van der Waals surface area contributed by atoms with E-state index in [-0.39, 0.29) is 23.5 Å². The van der Waals surface area contributed by atoms with Crippen molar-refractivity contribution in [1.29, 1.82) is 0 Å². The summed E-state index contributed by atoms with van der Waals surface area (Å²) in [5.41, 5.74) is 0.615. The molecule has 2 rings (SSSR count). The van der Waals surface area contributed by atoms with E-state index in [9.17, 15) is 23.5 Å². The molecule has 1 atom stereocenters. The number of amides is 1. The summed E-state index contributed by atoms with van der Waals surface area (Å²) >= 11 is 0. The molecule has 1 aromatic rings. The Hall–Kier alpha value is -2.24. The zero-order valence-corrected chi connectivity index (χ0v) is 11.0. The van der Waals surface area contributed by atoms with Gasteiger partial charge in [0.15, 0.2) is 11.6 Å². The molecule has 0 saturated carbocycles. The molecular weight excluding hydrogens is 268 g/mol. The first kappa shape index (κ1) is 14.2. The van der Waals surface area contributed by atoms with Crippen molar-refractivity contribution < 1.29 is 23.5 Å². The predicted molar refractivity (Wildman–Crippen MR) is 66.8 cm³/mol. The summed E-state index contributed by atoms with van der Waals surface area (Å²) in [5.74, 6) is -4.27. The highest BCUT2D eigenvalue weighted by Gasteiger charge is 2.34. The van der Waals surface area contributed by atoms with Crippen LogP contribution in [0.4, 0.5) is 8.78 Å². The van der Waals surface area contributed by atoms with Gasteiger partial charge in [-0.1, -0.05) is 6.07 Å². The number of carboxylic acid groups (broad SMARTS) is 1. The molecule has 4 nitrogen and oxygen atoms in total. The maximum atomic E-state index is 13.3. The lowest BCUT2D eigenvalue weighted by Crippen LogP contribution is -2.35. The van der Waals surface area contributed by atoms with Gasteiger partial charge >= 0.3 is 5.97 Å².